The number of hydrogen-bond acceptors (Lipinski definition) is 0. The van der Waals surface area contributed by atoms with Gasteiger partial charge in [0.15, 0.2) is 0 Å². The Kier molecular flexibility index (Phi) is 5.17. The maximum atomic E-state index is 4.54. The minimum atomic E-state index is 0. The van der Waals surface area contributed by atoms with E-state index < -0.39 is 0 Å². The summed E-state index contributed by atoms with van der Waals surface area (Å²) in [5.74, 6) is 0. The first-order valence-corrected chi connectivity index (χ1v) is 3.45. The molecule has 0 aliphatic heterocycles. The van der Waals surface area contributed by atoms with Crippen molar-refractivity contribution in [2.45, 2.75) is 52.6 Å². The molecule has 1 nitrogen and oxygen atoms in total. The molecule has 0 fully saturated rings. The van der Waals surface area contributed by atoms with Crippen molar-refractivity contribution in [3.05, 3.63) is 5.32 Å². The van der Waals surface area contributed by atoms with E-state index in [0.717, 1.165) is 0 Å². The van der Waals surface area contributed by atoms with Crippen LogP contribution < -0.4 is 0 Å². The third-order valence-corrected chi connectivity index (χ3v) is 0.671. The van der Waals surface area contributed by atoms with Crippen molar-refractivity contribution >= 4 is 0 Å². The molecule has 0 amide bonds. The Morgan fingerprint density at radius 1 is 0.700 bits per heavy atom. The average molecular weight is 176 g/mol. The zero-order valence-corrected chi connectivity index (χ0v) is 9.51. The van der Waals surface area contributed by atoms with Crippen LogP contribution >= 0.6 is 0 Å². The van der Waals surface area contributed by atoms with Gasteiger partial charge in [0.2, 0.25) is 0 Å². The van der Waals surface area contributed by atoms with Crippen LogP contribution in [-0.4, -0.2) is 11.1 Å². The van der Waals surface area contributed by atoms with Gasteiger partial charge in [-0.1, -0.05) is 41.5 Å². The third-order valence-electron chi connectivity index (χ3n) is 0.671. The Hall–Kier alpha value is 0.674. The Labute approximate surface area is 79.8 Å². The molecule has 60 valence electrons. The molecule has 0 aromatic heterocycles. The molecule has 0 aromatic rings. The molecule has 0 unspecified atom stereocenters. The SMILES string of the molecule is CC(C)(C)[N-]C(C)(C)C.[Ti]. The standard InChI is InChI=1S/C8H18N.Ti/c1-7(2,3)9-8(4,5)6;/h1-6H3;/q-1;. The van der Waals surface area contributed by atoms with Crippen molar-refractivity contribution in [2.24, 2.45) is 0 Å². The van der Waals surface area contributed by atoms with Gasteiger partial charge in [-0.25, -0.2) is 0 Å². The first-order chi connectivity index (χ1) is 3.71. The third kappa shape index (κ3) is 11.5. The molecule has 0 atom stereocenters. The predicted octanol–water partition coefficient (Wildman–Crippen LogP) is 2.95. The second kappa shape index (κ2) is 3.89. The largest absolute Gasteiger partial charge is 0.653 e. The number of nitrogens with zero attached hydrogens (tertiary/aromatic N) is 1. The Bertz CT molecular complexity index is 74.4. The maximum Gasteiger partial charge on any atom is 0 e. The molecule has 0 aromatic carbocycles. The molecule has 0 bridgehead atoms. The molecule has 0 aliphatic carbocycles. The second-order valence-electron chi connectivity index (χ2n) is 4.45. The van der Waals surface area contributed by atoms with E-state index in [2.05, 4.69) is 46.9 Å². The van der Waals surface area contributed by atoms with Crippen molar-refractivity contribution in [2.75, 3.05) is 0 Å². The van der Waals surface area contributed by atoms with Crippen molar-refractivity contribution in [1.29, 1.82) is 0 Å². The van der Waals surface area contributed by atoms with E-state index in [4.69, 9.17) is 0 Å². The summed E-state index contributed by atoms with van der Waals surface area (Å²) in [6.07, 6.45) is 0. The van der Waals surface area contributed by atoms with E-state index in [9.17, 15) is 0 Å². The molecule has 0 spiro atoms. The van der Waals surface area contributed by atoms with E-state index in [0.29, 0.717) is 0 Å². The summed E-state index contributed by atoms with van der Waals surface area (Å²) >= 11 is 0. The molecule has 2 heteroatoms. The average Bonchev–Trinajstić information content (AvgIpc) is 1.14. The van der Waals surface area contributed by atoms with Crippen LogP contribution in [0.5, 0.6) is 0 Å². The fourth-order valence-corrected chi connectivity index (χ4v) is 1.01. The van der Waals surface area contributed by atoms with Gasteiger partial charge in [0.1, 0.15) is 0 Å². The van der Waals surface area contributed by atoms with Crippen LogP contribution in [-0.2, 0) is 21.7 Å². The van der Waals surface area contributed by atoms with Gasteiger partial charge in [-0.3, -0.25) is 0 Å². The Morgan fingerprint density at radius 2 is 0.900 bits per heavy atom. The molecule has 0 aliphatic rings. The Morgan fingerprint density at radius 3 is 0.900 bits per heavy atom. The van der Waals surface area contributed by atoms with Gasteiger partial charge in [-0.2, -0.15) is 0 Å². The van der Waals surface area contributed by atoms with Gasteiger partial charge in [0.25, 0.3) is 0 Å². The number of rotatable bonds is 0. The van der Waals surface area contributed by atoms with Crippen molar-refractivity contribution in [1.82, 2.24) is 0 Å². The molecule has 0 N–H and O–H groups in total. The summed E-state index contributed by atoms with van der Waals surface area (Å²) in [4.78, 5) is 0. The molecular weight excluding hydrogens is 158 g/mol. The second-order valence-corrected chi connectivity index (χ2v) is 4.45. The molecule has 0 saturated carbocycles. The zero-order valence-electron chi connectivity index (χ0n) is 7.95. The molecule has 0 rings (SSSR count). The van der Waals surface area contributed by atoms with Crippen LogP contribution in [0.1, 0.15) is 41.5 Å². The molecule has 0 radical (unpaired) electrons. The summed E-state index contributed by atoms with van der Waals surface area (Å²) in [5, 5.41) is 4.54. The first-order valence-electron chi connectivity index (χ1n) is 3.45. The van der Waals surface area contributed by atoms with Crippen LogP contribution in [0.3, 0.4) is 0 Å². The summed E-state index contributed by atoms with van der Waals surface area (Å²) < 4.78 is 0. The summed E-state index contributed by atoms with van der Waals surface area (Å²) in [6.45, 7) is 12.7. The fourth-order valence-electron chi connectivity index (χ4n) is 1.01. The normalized spacial score (nSPS) is 12.6. The first kappa shape index (κ1) is 13.3. The van der Waals surface area contributed by atoms with Crippen LogP contribution in [0.2, 0.25) is 0 Å². The molecule has 0 heterocycles. The summed E-state index contributed by atoms with van der Waals surface area (Å²) in [6, 6.07) is 0. The van der Waals surface area contributed by atoms with Crippen LogP contribution in [0, 0.1) is 0 Å². The van der Waals surface area contributed by atoms with E-state index in [1.165, 1.54) is 0 Å². The minimum absolute atomic E-state index is 0. The predicted molar refractivity (Wildman–Crippen MR) is 42.9 cm³/mol. The van der Waals surface area contributed by atoms with Gasteiger partial charge in [-0.15, -0.1) is 11.1 Å². The van der Waals surface area contributed by atoms with Gasteiger partial charge in [-0.05, 0) is 0 Å². The zero-order chi connectivity index (χ0) is 7.71. The summed E-state index contributed by atoms with van der Waals surface area (Å²) in [5.41, 5.74) is 0.219. The quantitative estimate of drug-likeness (QED) is 0.504. The van der Waals surface area contributed by atoms with Gasteiger partial charge < -0.3 is 5.32 Å². The van der Waals surface area contributed by atoms with Crippen LogP contribution in [0.15, 0.2) is 0 Å². The Balaban J connectivity index is 0. The summed E-state index contributed by atoms with van der Waals surface area (Å²) in [7, 11) is 0. The van der Waals surface area contributed by atoms with E-state index >= 15 is 0 Å². The van der Waals surface area contributed by atoms with E-state index in [1.807, 2.05) is 0 Å². The number of hydrogen-bond donors (Lipinski definition) is 0. The van der Waals surface area contributed by atoms with Gasteiger partial charge in [0, 0.05) is 21.7 Å². The van der Waals surface area contributed by atoms with E-state index in [1.54, 1.807) is 0 Å². The maximum absolute atomic E-state index is 4.54. The topological polar surface area (TPSA) is 14.1 Å². The minimum Gasteiger partial charge on any atom is -0.653 e. The van der Waals surface area contributed by atoms with Crippen molar-refractivity contribution < 1.29 is 21.7 Å². The van der Waals surface area contributed by atoms with Crippen LogP contribution in [0.25, 0.3) is 5.32 Å². The molecule has 0 saturated heterocycles. The van der Waals surface area contributed by atoms with Crippen LogP contribution in [0.4, 0.5) is 0 Å². The van der Waals surface area contributed by atoms with E-state index in [-0.39, 0.29) is 32.8 Å². The van der Waals surface area contributed by atoms with Gasteiger partial charge in [0.05, 0.1) is 0 Å². The smallest absolute Gasteiger partial charge is 0 e. The molecular formula is C8H18NTi-. The fraction of sp³-hybridized carbons (Fsp3) is 1.00. The molecule has 10 heavy (non-hydrogen) atoms. The van der Waals surface area contributed by atoms with Crippen molar-refractivity contribution in [3.8, 4) is 0 Å². The monoisotopic (exact) mass is 176 g/mol. The van der Waals surface area contributed by atoms with Gasteiger partial charge >= 0.3 is 0 Å². The van der Waals surface area contributed by atoms with Crippen molar-refractivity contribution in [3.63, 3.8) is 0 Å².